The number of hydrogen-bond acceptors (Lipinski definition) is 7. The van der Waals surface area contributed by atoms with Gasteiger partial charge in [-0.15, -0.1) is 0 Å². The quantitative estimate of drug-likeness (QED) is 0.637. The first-order valence-electron chi connectivity index (χ1n) is 5.89. The number of nitro groups is 1. The fourth-order valence-electron chi connectivity index (χ4n) is 2.01. The van der Waals surface area contributed by atoms with Crippen molar-refractivity contribution in [1.29, 1.82) is 0 Å². The van der Waals surface area contributed by atoms with Crippen LogP contribution in [-0.2, 0) is 0 Å². The van der Waals surface area contributed by atoms with Gasteiger partial charge >= 0.3 is 5.00 Å². The van der Waals surface area contributed by atoms with Crippen molar-refractivity contribution in [3.63, 3.8) is 0 Å². The van der Waals surface area contributed by atoms with E-state index in [1.54, 1.807) is 0 Å². The molecule has 2 heterocycles. The van der Waals surface area contributed by atoms with Gasteiger partial charge in [-0.2, -0.15) is 0 Å². The van der Waals surface area contributed by atoms with Gasteiger partial charge in [-0.1, -0.05) is 0 Å². The number of hydrogen-bond donors (Lipinski definition) is 1. The van der Waals surface area contributed by atoms with Crippen LogP contribution in [0.1, 0.15) is 6.42 Å². The molecule has 18 heavy (non-hydrogen) atoms. The maximum Gasteiger partial charge on any atom is 0.345 e. The number of aliphatic hydroxyl groups excluding tert-OH is 1. The molecule has 7 nitrogen and oxygen atoms in total. The van der Waals surface area contributed by atoms with Gasteiger partial charge in [-0.3, -0.25) is 15.0 Å². The highest BCUT2D eigenvalue weighted by molar-refractivity contribution is 7.18. The summed E-state index contributed by atoms with van der Waals surface area (Å²) in [4.78, 5) is 18.6. The van der Waals surface area contributed by atoms with Gasteiger partial charge in [0.25, 0.3) is 0 Å². The number of rotatable bonds is 4. The molecule has 2 rings (SSSR count). The molecule has 1 aromatic rings. The van der Waals surface area contributed by atoms with Crippen molar-refractivity contribution in [2.75, 3.05) is 44.2 Å². The number of aromatic nitrogens is 1. The second kappa shape index (κ2) is 6.07. The van der Waals surface area contributed by atoms with Gasteiger partial charge in [0.1, 0.15) is 6.20 Å². The number of nitrogens with zero attached hydrogens (tertiary/aromatic N) is 4. The molecular formula is C10H16N4O3S. The molecule has 1 fully saturated rings. The number of β-amino-alcohol motifs (C(OH)–C–C–N with tert-alkyl or cyclic N) is 1. The number of aliphatic hydroxyl groups is 1. The van der Waals surface area contributed by atoms with E-state index in [4.69, 9.17) is 5.11 Å². The maximum absolute atomic E-state index is 10.6. The van der Waals surface area contributed by atoms with Crippen LogP contribution >= 0.6 is 11.3 Å². The highest BCUT2D eigenvalue weighted by Gasteiger charge is 2.19. The van der Waals surface area contributed by atoms with Gasteiger partial charge in [-0.25, -0.2) is 4.98 Å². The molecule has 100 valence electrons. The average Bonchev–Trinajstić information content (AvgIpc) is 2.72. The van der Waals surface area contributed by atoms with E-state index in [2.05, 4.69) is 14.8 Å². The van der Waals surface area contributed by atoms with Crippen molar-refractivity contribution in [3.05, 3.63) is 16.3 Å². The van der Waals surface area contributed by atoms with Crippen LogP contribution in [0.3, 0.4) is 0 Å². The molecule has 0 aromatic carbocycles. The van der Waals surface area contributed by atoms with Crippen LogP contribution in [0.4, 0.5) is 10.1 Å². The standard InChI is InChI=1S/C10H16N4O3S/c15-7-6-12-2-1-3-13(5-4-12)10-11-8-9(18-10)14(16)17/h8,15H,1-7H2. The van der Waals surface area contributed by atoms with Crippen LogP contribution in [0.25, 0.3) is 0 Å². The summed E-state index contributed by atoms with van der Waals surface area (Å²) in [6.45, 7) is 4.31. The highest BCUT2D eigenvalue weighted by Crippen LogP contribution is 2.28. The molecule has 0 bridgehead atoms. The Morgan fingerprint density at radius 3 is 2.94 bits per heavy atom. The first-order chi connectivity index (χ1) is 8.70. The number of thiazole rings is 1. The van der Waals surface area contributed by atoms with Crippen LogP contribution in [0.5, 0.6) is 0 Å². The minimum absolute atomic E-state index is 0.0847. The summed E-state index contributed by atoms with van der Waals surface area (Å²) in [5.41, 5.74) is 0. The third-order valence-corrected chi connectivity index (χ3v) is 3.95. The Morgan fingerprint density at radius 1 is 1.44 bits per heavy atom. The maximum atomic E-state index is 10.6. The lowest BCUT2D eigenvalue weighted by Gasteiger charge is -2.20. The van der Waals surface area contributed by atoms with Crippen molar-refractivity contribution in [3.8, 4) is 0 Å². The molecule has 0 unspecified atom stereocenters. The van der Waals surface area contributed by atoms with Crippen LogP contribution in [0.15, 0.2) is 6.20 Å². The Labute approximate surface area is 109 Å². The van der Waals surface area contributed by atoms with E-state index in [0.717, 1.165) is 43.9 Å². The molecule has 1 aromatic heterocycles. The minimum atomic E-state index is -0.406. The summed E-state index contributed by atoms with van der Waals surface area (Å²) in [5.74, 6) is 0. The molecule has 0 radical (unpaired) electrons. The van der Waals surface area contributed by atoms with E-state index in [-0.39, 0.29) is 11.6 Å². The van der Waals surface area contributed by atoms with Crippen LogP contribution < -0.4 is 4.90 Å². The zero-order valence-electron chi connectivity index (χ0n) is 9.99. The monoisotopic (exact) mass is 272 g/mol. The normalized spacial score (nSPS) is 17.7. The smallest absolute Gasteiger partial charge is 0.345 e. The third kappa shape index (κ3) is 3.15. The lowest BCUT2D eigenvalue weighted by Crippen LogP contribution is -2.32. The van der Waals surface area contributed by atoms with E-state index in [0.29, 0.717) is 11.7 Å². The molecule has 8 heteroatoms. The SMILES string of the molecule is O=[N+]([O-])c1cnc(N2CCCN(CCO)CC2)s1. The van der Waals surface area contributed by atoms with E-state index in [1.807, 2.05) is 0 Å². The molecular weight excluding hydrogens is 256 g/mol. The van der Waals surface area contributed by atoms with E-state index in [9.17, 15) is 10.1 Å². The largest absolute Gasteiger partial charge is 0.395 e. The fraction of sp³-hybridized carbons (Fsp3) is 0.700. The van der Waals surface area contributed by atoms with Crippen molar-refractivity contribution >= 4 is 21.5 Å². The van der Waals surface area contributed by atoms with Crippen LogP contribution in [0.2, 0.25) is 0 Å². The van der Waals surface area contributed by atoms with Crippen molar-refractivity contribution in [2.45, 2.75) is 6.42 Å². The summed E-state index contributed by atoms with van der Waals surface area (Å²) < 4.78 is 0. The Balaban J connectivity index is 1.98. The summed E-state index contributed by atoms with van der Waals surface area (Å²) >= 11 is 1.12. The highest BCUT2D eigenvalue weighted by atomic mass is 32.1. The molecule has 0 aliphatic carbocycles. The van der Waals surface area contributed by atoms with E-state index >= 15 is 0 Å². The zero-order valence-corrected chi connectivity index (χ0v) is 10.8. The molecule has 1 saturated heterocycles. The lowest BCUT2D eigenvalue weighted by molar-refractivity contribution is -0.380. The van der Waals surface area contributed by atoms with Crippen molar-refractivity contribution in [1.82, 2.24) is 9.88 Å². The first-order valence-corrected chi connectivity index (χ1v) is 6.70. The Bertz CT molecular complexity index is 412. The first kappa shape index (κ1) is 13.2. The summed E-state index contributed by atoms with van der Waals surface area (Å²) in [6.07, 6.45) is 2.30. The molecule has 0 atom stereocenters. The molecule has 0 spiro atoms. The summed E-state index contributed by atoms with van der Waals surface area (Å²) in [6, 6.07) is 0. The van der Waals surface area contributed by atoms with E-state index in [1.165, 1.54) is 6.20 Å². The molecule has 0 saturated carbocycles. The topological polar surface area (TPSA) is 82.7 Å². The Kier molecular flexibility index (Phi) is 4.45. The lowest BCUT2D eigenvalue weighted by atomic mass is 10.4. The predicted molar refractivity (Wildman–Crippen MR) is 69.1 cm³/mol. The summed E-state index contributed by atoms with van der Waals surface area (Å²) in [7, 11) is 0. The van der Waals surface area contributed by atoms with Gasteiger partial charge in [0.2, 0.25) is 0 Å². The van der Waals surface area contributed by atoms with E-state index < -0.39 is 4.92 Å². The van der Waals surface area contributed by atoms with Crippen LogP contribution in [0, 0.1) is 10.1 Å². The average molecular weight is 272 g/mol. The molecule has 1 N–H and O–H groups in total. The third-order valence-electron chi connectivity index (χ3n) is 2.94. The van der Waals surface area contributed by atoms with Gasteiger partial charge in [0.05, 0.1) is 11.5 Å². The molecule has 1 aliphatic rings. The second-order valence-corrected chi connectivity index (χ2v) is 5.13. The number of anilines is 1. The van der Waals surface area contributed by atoms with Gasteiger partial charge < -0.3 is 10.0 Å². The zero-order chi connectivity index (χ0) is 13.0. The van der Waals surface area contributed by atoms with Crippen LogP contribution in [-0.4, -0.2) is 59.2 Å². The predicted octanol–water partition coefficient (Wildman–Crippen LogP) is 0.556. The van der Waals surface area contributed by atoms with Gasteiger partial charge in [-0.05, 0) is 24.3 Å². The molecule has 1 aliphatic heterocycles. The fourth-order valence-corrected chi connectivity index (χ4v) is 2.80. The second-order valence-electron chi connectivity index (χ2n) is 4.14. The summed E-state index contributed by atoms with van der Waals surface area (Å²) in [5, 5.41) is 20.3. The van der Waals surface area contributed by atoms with Crippen molar-refractivity contribution in [2.24, 2.45) is 0 Å². The van der Waals surface area contributed by atoms with Gasteiger partial charge in [0, 0.05) is 26.2 Å². The Hall–Kier alpha value is -1.25. The van der Waals surface area contributed by atoms with Crippen molar-refractivity contribution < 1.29 is 10.0 Å². The van der Waals surface area contributed by atoms with Gasteiger partial charge in [0.15, 0.2) is 5.13 Å². The Morgan fingerprint density at radius 2 is 2.28 bits per heavy atom. The molecule has 0 amide bonds. The minimum Gasteiger partial charge on any atom is -0.395 e.